The molecule has 0 aliphatic carbocycles. The van der Waals surface area contributed by atoms with Crippen molar-refractivity contribution in [1.82, 2.24) is 0 Å². The lowest BCUT2D eigenvalue weighted by molar-refractivity contribution is 0.448. The number of isocyanates is 1. The van der Waals surface area contributed by atoms with Crippen molar-refractivity contribution in [2.24, 2.45) is 4.99 Å². The molecular formula is C7HClF3NO. The van der Waals surface area contributed by atoms with E-state index in [1.807, 2.05) is 0 Å². The van der Waals surface area contributed by atoms with Crippen molar-refractivity contribution in [3.8, 4) is 0 Å². The first kappa shape index (κ1) is 9.77. The van der Waals surface area contributed by atoms with Gasteiger partial charge >= 0.3 is 0 Å². The first-order chi connectivity index (χ1) is 6.07. The molecule has 13 heavy (non-hydrogen) atoms. The Kier molecular flexibility index (Phi) is 2.70. The number of halogens is 4. The number of carbonyl (C=O) groups excluding carboxylic acids is 1. The van der Waals surface area contributed by atoms with Gasteiger partial charge in [-0.25, -0.2) is 18.0 Å². The van der Waals surface area contributed by atoms with E-state index in [9.17, 15) is 18.0 Å². The maximum Gasteiger partial charge on any atom is 0.240 e. The number of hydrogen-bond acceptors (Lipinski definition) is 2. The maximum atomic E-state index is 12.7. The molecule has 0 amide bonds. The van der Waals surface area contributed by atoms with Gasteiger partial charge in [-0.15, -0.1) is 0 Å². The minimum Gasteiger partial charge on any atom is -0.211 e. The normalized spacial score (nSPS) is 9.54. The molecule has 1 rings (SSSR count). The van der Waals surface area contributed by atoms with Gasteiger partial charge < -0.3 is 0 Å². The summed E-state index contributed by atoms with van der Waals surface area (Å²) in [6.07, 6.45) is 0.986. The molecule has 0 N–H and O–H groups in total. The number of benzene rings is 1. The fraction of sp³-hybridized carbons (Fsp3) is 0. The molecule has 0 saturated heterocycles. The van der Waals surface area contributed by atoms with Crippen molar-refractivity contribution >= 4 is 23.4 Å². The molecule has 0 aromatic heterocycles. The van der Waals surface area contributed by atoms with Crippen molar-refractivity contribution in [2.75, 3.05) is 0 Å². The molecule has 2 nitrogen and oxygen atoms in total. The summed E-state index contributed by atoms with van der Waals surface area (Å²) < 4.78 is 37.8. The molecule has 0 saturated carbocycles. The second-order valence-electron chi connectivity index (χ2n) is 2.02. The molecule has 0 aliphatic rings. The highest BCUT2D eigenvalue weighted by Crippen LogP contribution is 2.28. The van der Waals surface area contributed by atoms with Crippen molar-refractivity contribution < 1.29 is 18.0 Å². The second-order valence-corrected chi connectivity index (χ2v) is 2.43. The fourth-order valence-corrected chi connectivity index (χ4v) is 0.877. The number of rotatable bonds is 1. The summed E-state index contributed by atoms with van der Waals surface area (Å²) in [6.45, 7) is 0. The van der Waals surface area contributed by atoms with Crippen LogP contribution in [0.4, 0.5) is 18.9 Å². The van der Waals surface area contributed by atoms with Gasteiger partial charge in [-0.2, -0.15) is 4.99 Å². The van der Waals surface area contributed by atoms with Gasteiger partial charge in [-0.3, -0.25) is 0 Å². The van der Waals surface area contributed by atoms with Crippen LogP contribution in [0.15, 0.2) is 11.1 Å². The minimum absolute atomic E-state index is 0.645. The Morgan fingerprint density at radius 2 is 1.85 bits per heavy atom. The van der Waals surface area contributed by atoms with Crippen molar-refractivity contribution in [3.63, 3.8) is 0 Å². The fourth-order valence-electron chi connectivity index (χ4n) is 0.691. The van der Waals surface area contributed by atoms with Crippen LogP contribution < -0.4 is 0 Å². The third-order valence-corrected chi connectivity index (χ3v) is 1.52. The highest BCUT2D eigenvalue weighted by molar-refractivity contribution is 6.31. The number of nitrogens with zero attached hydrogens (tertiary/aromatic N) is 1. The molecule has 0 fully saturated rings. The van der Waals surface area contributed by atoms with Gasteiger partial charge in [0.05, 0.1) is 5.02 Å². The molecule has 1 aromatic carbocycles. The zero-order valence-corrected chi connectivity index (χ0v) is 6.70. The van der Waals surface area contributed by atoms with Crippen molar-refractivity contribution in [1.29, 1.82) is 0 Å². The van der Waals surface area contributed by atoms with Gasteiger partial charge in [0.25, 0.3) is 0 Å². The molecule has 0 aliphatic heterocycles. The smallest absolute Gasteiger partial charge is 0.211 e. The van der Waals surface area contributed by atoms with Crippen LogP contribution in [0.3, 0.4) is 0 Å². The van der Waals surface area contributed by atoms with E-state index in [0.29, 0.717) is 6.07 Å². The Bertz CT molecular complexity index is 401. The summed E-state index contributed by atoms with van der Waals surface area (Å²) in [5.74, 6) is -4.84. The molecule has 0 bridgehead atoms. The molecule has 0 spiro atoms. The third-order valence-electron chi connectivity index (χ3n) is 1.25. The largest absolute Gasteiger partial charge is 0.240 e. The van der Waals surface area contributed by atoms with Crippen molar-refractivity contribution in [2.45, 2.75) is 0 Å². The van der Waals surface area contributed by atoms with Crippen LogP contribution in [0.5, 0.6) is 0 Å². The summed E-state index contributed by atoms with van der Waals surface area (Å²) in [6, 6.07) is 0.695. The van der Waals surface area contributed by atoms with E-state index in [2.05, 4.69) is 4.99 Å². The Morgan fingerprint density at radius 3 is 2.38 bits per heavy atom. The number of hydrogen-bond donors (Lipinski definition) is 0. The van der Waals surface area contributed by atoms with E-state index < -0.39 is 28.2 Å². The Balaban J connectivity index is 3.49. The Hall–Kier alpha value is -1.32. The quantitative estimate of drug-likeness (QED) is 0.301. The van der Waals surface area contributed by atoms with Gasteiger partial charge in [-0.05, 0) is 6.07 Å². The number of aliphatic imine (C=N–C) groups is 1. The van der Waals surface area contributed by atoms with Gasteiger partial charge in [0.15, 0.2) is 17.5 Å². The molecule has 6 heteroatoms. The summed E-state index contributed by atoms with van der Waals surface area (Å²) in [4.78, 5) is 12.5. The summed E-state index contributed by atoms with van der Waals surface area (Å²) in [7, 11) is 0. The van der Waals surface area contributed by atoms with Crippen LogP contribution in [0.2, 0.25) is 5.02 Å². The lowest BCUT2D eigenvalue weighted by atomic mass is 10.3. The van der Waals surface area contributed by atoms with Crippen LogP contribution >= 0.6 is 11.6 Å². The predicted octanol–water partition coefficient (Wildman–Crippen LogP) is 2.72. The molecule has 0 heterocycles. The predicted molar refractivity (Wildman–Crippen MR) is 39.1 cm³/mol. The molecule has 68 valence electrons. The topological polar surface area (TPSA) is 29.4 Å². The first-order valence-electron chi connectivity index (χ1n) is 2.98. The minimum atomic E-state index is -1.76. The summed E-state index contributed by atoms with van der Waals surface area (Å²) in [5, 5.41) is -0.645. The summed E-state index contributed by atoms with van der Waals surface area (Å²) >= 11 is 5.16. The zero-order chi connectivity index (χ0) is 10.0. The van der Waals surface area contributed by atoms with Crippen LogP contribution in [0.25, 0.3) is 0 Å². The molecule has 0 atom stereocenters. The van der Waals surface area contributed by atoms with E-state index in [1.165, 1.54) is 0 Å². The lowest BCUT2D eigenvalue weighted by Gasteiger charge is -1.99. The zero-order valence-electron chi connectivity index (χ0n) is 5.94. The van der Waals surface area contributed by atoms with E-state index in [1.54, 1.807) is 0 Å². The maximum absolute atomic E-state index is 12.7. The molecule has 0 unspecified atom stereocenters. The monoisotopic (exact) mass is 207 g/mol. The average molecular weight is 208 g/mol. The van der Waals surface area contributed by atoms with Crippen LogP contribution in [0, 0.1) is 17.5 Å². The van der Waals surface area contributed by atoms with Crippen molar-refractivity contribution in [3.05, 3.63) is 28.5 Å². The Morgan fingerprint density at radius 1 is 1.23 bits per heavy atom. The highest BCUT2D eigenvalue weighted by Gasteiger charge is 2.17. The second kappa shape index (κ2) is 3.60. The Labute approximate surface area is 75.7 Å². The highest BCUT2D eigenvalue weighted by atomic mass is 35.5. The van der Waals surface area contributed by atoms with E-state index in [0.717, 1.165) is 6.08 Å². The standard InChI is InChI=1S/C7HClF3NO/c8-3-1-4(12-2-13)6(10)7(11)5(3)9/h1H. The van der Waals surface area contributed by atoms with Gasteiger partial charge in [0.1, 0.15) is 5.69 Å². The van der Waals surface area contributed by atoms with Gasteiger partial charge in [0, 0.05) is 0 Å². The van der Waals surface area contributed by atoms with Crippen LogP contribution in [-0.4, -0.2) is 6.08 Å². The van der Waals surface area contributed by atoms with Crippen LogP contribution in [0.1, 0.15) is 0 Å². The third kappa shape index (κ3) is 1.71. The van der Waals surface area contributed by atoms with Gasteiger partial charge in [0.2, 0.25) is 6.08 Å². The van der Waals surface area contributed by atoms with E-state index in [-0.39, 0.29) is 0 Å². The summed E-state index contributed by atoms with van der Waals surface area (Å²) in [5.41, 5.74) is -0.682. The lowest BCUT2D eigenvalue weighted by Crippen LogP contribution is -1.91. The molecule has 0 radical (unpaired) electrons. The first-order valence-corrected chi connectivity index (χ1v) is 3.36. The molecular weight excluding hydrogens is 207 g/mol. The van der Waals surface area contributed by atoms with Crippen LogP contribution in [-0.2, 0) is 4.79 Å². The van der Waals surface area contributed by atoms with E-state index in [4.69, 9.17) is 11.6 Å². The SMILES string of the molecule is O=C=Nc1cc(Cl)c(F)c(F)c1F. The van der Waals surface area contributed by atoms with E-state index >= 15 is 0 Å². The van der Waals surface area contributed by atoms with Gasteiger partial charge in [-0.1, -0.05) is 11.6 Å². The average Bonchev–Trinajstić information content (AvgIpc) is 2.11. The molecule has 1 aromatic rings.